The Labute approximate surface area is 91.3 Å². The molecule has 0 fully saturated rings. The van der Waals surface area contributed by atoms with Crippen LogP contribution in [0.15, 0.2) is 12.4 Å². The van der Waals surface area contributed by atoms with Crippen LogP contribution in [0.5, 0.6) is 0 Å². The van der Waals surface area contributed by atoms with Crippen molar-refractivity contribution in [3.63, 3.8) is 0 Å². The molecule has 0 saturated carbocycles. The number of hydrogen-bond acceptors (Lipinski definition) is 1. The van der Waals surface area contributed by atoms with E-state index in [9.17, 15) is 0 Å². The van der Waals surface area contributed by atoms with Crippen molar-refractivity contribution >= 4 is 12.2 Å². The van der Waals surface area contributed by atoms with E-state index < -0.39 is 0 Å². The van der Waals surface area contributed by atoms with Gasteiger partial charge in [-0.2, -0.15) is 0 Å². The molecule has 0 aromatic carbocycles. The quantitative estimate of drug-likeness (QED) is 0.758. The molecule has 2 nitrogen and oxygen atoms in total. The first-order chi connectivity index (χ1) is 6.52. The van der Waals surface area contributed by atoms with E-state index in [4.69, 9.17) is 12.2 Å². The summed E-state index contributed by atoms with van der Waals surface area (Å²) in [5.41, 5.74) is 0. The van der Waals surface area contributed by atoms with Crippen molar-refractivity contribution in [2.24, 2.45) is 17.8 Å². The minimum absolute atomic E-state index is 0.692. The Hall–Kier alpha value is -0.570. The maximum Gasteiger partial charge on any atom is 0.177 e. The van der Waals surface area contributed by atoms with Crippen molar-refractivity contribution in [1.29, 1.82) is 0 Å². The number of rotatable bonds is 4. The van der Waals surface area contributed by atoms with Gasteiger partial charge in [-0.05, 0) is 30.0 Å². The maximum atomic E-state index is 5.18. The molecule has 0 saturated heterocycles. The summed E-state index contributed by atoms with van der Waals surface area (Å²) >= 11 is 5.18. The lowest BCUT2D eigenvalue weighted by Crippen LogP contribution is -2.21. The summed E-state index contributed by atoms with van der Waals surface area (Å²) in [4.78, 5) is 3.03. The zero-order valence-electron chi connectivity index (χ0n) is 9.45. The molecule has 1 rings (SSSR count). The highest BCUT2D eigenvalue weighted by Crippen LogP contribution is 2.22. The molecule has 1 aromatic heterocycles. The standard InChI is InChI=1S/C11H20N2S/c1-8(2)10(9(3)4)7-13-6-5-12-11(13)14/h5-6,8-10H,7H2,1-4H3,(H,12,14). The first-order valence-corrected chi connectivity index (χ1v) is 5.67. The molecule has 0 aliphatic heterocycles. The zero-order valence-corrected chi connectivity index (χ0v) is 10.3. The Kier molecular flexibility index (Phi) is 3.93. The summed E-state index contributed by atoms with van der Waals surface area (Å²) in [6.07, 6.45) is 3.93. The summed E-state index contributed by atoms with van der Waals surface area (Å²) in [6.45, 7) is 10.1. The summed E-state index contributed by atoms with van der Waals surface area (Å²) in [5.74, 6) is 2.09. The van der Waals surface area contributed by atoms with Gasteiger partial charge in [0.1, 0.15) is 0 Å². The number of aromatic nitrogens is 2. The van der Waals surface area contributed by atoms with Crippen molar-refractivity contribution in [1.82, 2.24) is 9.55 Å². The van der Waals surface area contributed by atoms with E-state index in [0.717, 1.165) is 11.3 Å². The SMILES string of the molecule is CC(C)C(Cn1cc[nH]c1=S)C(C)C. The lowest BCUT2D eigenvalue weighted by atomic mass is 9.85. The van der Waals surface area contributed by atoms with E-state index in [1.165, 1.54) is 0 Å². The monoisotopic (exact) mass is 212 g/mol. The molecule has 0 aliphatic rings. The number of aromatic amines is 1. The number of hydrogen-bond donors (Lipinski definition) is 1. The van der Waals surface area contributed by atoms with Gasteiger partial charge in [0.2, 0.25) is 0 Å². The van der Waals surface area contributed by atoms with Crippen molar-refractivity contribution in [3.8, 4) is 0 Å². The van der Waals surface area contributed by atoms with Gasteiger partial charge in [0.15, 0.2) is 4.77 Å². The molecular formula is C11H20N2S. The smallest absolute Gasteiger partial charge is 0.177 e. The predicted molar refractivity (Wildman–Crippen MR) is 62.8 cm³/mol. The molecule has 0 atom stereocenters. The van der Waals surface area contributed by atoms with Crippen LogP contribution in [0.25, 0.3) is 0 Å². The molecule has 0 bridgehead atoms. The normalized spacial score (nSPS) is 11.9. The average molecular weight is 212 g/mol. The van der Waals surface area contributed by atoms with Gasteiger partial charge in [-0.25, -0.2) is 0 Å². The number of H-pyrrole nitrogens is 1. The minimum Gasteiger partial charge on any atom is -0.337 e. The van der Waals surface area contributed by atoms with Gasteiger partial charge in [0.05, 0.1) is 0 Å². The van der Waals surface area contributed by atoms with E-state index in [2.05, 4.69) is 37.2 Å². The van der Waals surface area contributed by atoms with Gasteiger partial charge >= 0.3 is 0 Å². The summed E-state index contributed by atoms with van der Waals surface area (Å²) < 4.78 is 2.95. The van der Waals surface area contributed by atoms with Crippen LogP contribution in [0.4, 0.5) is 0 Å². The molecule has 0 aliphatic carbocycles. The van der Waals surface area contributed by atoms with Crippen LogP contribution in [-0.2, 0) is 6.54 Å². The second kappa shape index (κ2) is 4.78. The minimum atomic E-state index is 0.692. The van der Waals surface area contributed by atoms with Gasteiger partial charge in [0.25, 0.3) is 0 Å². The highest BCUT2D eigenvalue weighted by Gasteiger charge is 2.17. The largest absolute Gasteiger partial charge is 0.337 e. The number of imidazole rings is 1. The molecule has 1 heterocycles. The summed E-state index contributed by atoms with van der Waals surface area (Å²) in [7, 11) is 0. The fourth-order valence-electron chi connectivity index (χ4n) is 1.91. The Morgan fingerprint density at radius 2 is 1.86 bits per heavy atom. The molecule has 0 amide bonds. The van der Waals surface area contributed by atoms with Crippen molar-refractivity contribution < 1.29 is 0 Å². The summed E-state index contributed by atoms with van der Waals surface area (Å²) in [5, 5.41) is 0. The Morgan fingerprint density at radius 1 is 1.29 bits per heavy atom. The molecule has 0 radical (unpaired) electrons. The Bertz CT molecular complexity index is 314. The second-order valence-corrected chi connectivity index (χ2v) is 4.96. The van der Waals surface area contributed by atoms with Gasteiger partial charge in [-0.3, -0.25) is 0 Å². The predicted octanol–water partition coefficient (Wildman–Crippen LogP) is 3.47. The van der Waals surface area contributed by atoms with E-state index in [1.807, 2.05) is 12.4 Å². The van der Waals surface area contributed by atoms with Crippen LogP contribution in [0, 0.1) is 22.5 Å². The second-order valence-electron chi connectivity index (χ2n) is 4.57. The third-order valence-electron chi connectivity index (χ3n) is 2.84. The molecule has 3 heteroatoms. The average Bonchev–Trinajstić information content (AvgIpc) is 2.46. The van der Waals surface area contributed by atoms with Crippen LogP contribution < -0.4 is 0 Å². The topological polar surface area (TPSA) is 20.7 Å². The van der Waals surface area contributed by atoms with Crippen molar-refractivity contribution in [3.05, 3.63) is 17.2 Å². The molecular weight excluding hydrogens is 192 g/mol. The van der Waals surface area contributed by atoms with E-state index in [1.54, 1.807) is 0 Å². The number of nitrogens with zero attached hydrogens (tertiary/aromatic N) is 1. The third kappa shape index (κ3) is 2.71. The Balaban J connectivity index is 2.75. The van der Waals surface area contributed by atoms with Gasteiger partial charge < -0.3 is 9.55 Å². The Morgan fingerprint density at radius 3 is 2.21 bits per heavy atom. The highest BCUT2D eigenvalue weighted by molar-refractivity contribution is 7.71. The first kappa shape index (κ1) is 11.5. The molecule has 0 spiro atoms. The summed E-state index contributed by atoms with van der Waals surface area (Å²) in [6, 6.07) is 0. The van der Waals surface area contributed by atoms with Crippen LogP contribution in [0.1, 0.15) is 27.7 Å². The van der Waals surface area contributed by atoms with Crippen LogP contribution >= 0.6 is 12.2 Å². The number of nitrogens with one attached hydrogen (secondary N) is 1. The van der Waals surface area contributed by atoms with E-state index in [-0.39, 0.29) is 0 Å². The van der Waals surface area contributed by atoms with Gasteiger partial charge in [0, 0.05) is 18.9 Å². The van der Waals surface area contributed by atoms with Crippen LogP contribution in [0.3, 0.4) is 0 Å². The van der Waals surface area contributed by atoms with Crippen LogP contribution in [-0.4, -0.2) is 9.55 Å². The lowest BCUT2D eigenvalue weighted by Gasteiger charge is -2.25. The van der Waals surface area contributed by atoms with E-state index in [0.29, 0.717) is 17.8 Å². The maximum absolute atomic E-state index is 5.18. The van der Waals surface area contributed by atoms with Crippen LogP contribution in [0.2, 0.25) is 0 Å². The molecule has 80 valence electrons. The lowest BCUT2D eigenvalue weighted by molar-refractivity contribution is 0.251. The van der Waals surface area contributed by atoms with Gasteiger partial charge in [-0.15, -0.1) is 0 Å². The van der Waals surface area contributed by atoms with E-state index >= 15 is 0 Å². The first-order valence-electron chi connectivity index (χ1n) is 5.26. The molecule has 1 N–H and O–H groups in total. The molecule has 0 unspecified atom stereocenters. The third-order valence-corrected chi connectivity index (χ3v) is 3.19. The fraction of sp³-hybridized carbons (Fsp3) is 0.727. The van der Waals surface area contributed by atoms with Crippen molar-refractivity contribution in [2.45, 2.75) is 34.2 Å². The highest BCUT2D eigenvalue weighted by atomic mass is 32.1. The zero-order chi connectivity index (χ0) is 10.7. The molecule has 14 heavy (non-hydrogen) atoms. The molecule has 1 aromatic rings. The fourth-order valence-corrected chi connectivity index (χ4v) is 2.11. The van der Waals surface area contributed by atoms with Crippen molar-refractivity contribution in [2.75, 3.05) is 0 Å². The van der Waals surface area contributed by atoms with Gasteiger partial charge in [-0.1, -0.05) is 27.7 Å².